The fourth-order valence-electron chi connectivity index (χ4n) is 2.79. The van der Waals surface area contributed by atoms with Crippen LogP contribution in [0.15, 0.2) is 26.7 Å². The molecular formula is C17H12F3NO4S. The van der Waals surface area contributed by atoms with E-state index in [2.05, 4.69) is 4.98 Å². The molecule has 5 nitrogen and oxygen atoms in total. The van der Waals surface area contributed by atoms with Crippen molar-refractivity contribution >= 4 is 22.3 Å². The van der Waals surface area contributed by atoms with Crippen molar-refractivity contribution < 1.29 is 27.1 Å². The number of nitrogens with zero attached hydrogens (tertiary/aromatic N) is 1. The number of hydrogen-bond donors (Lipinski definition) is 0. The summed E-state index contributed by atoms with van der Waals surface area (Å²) in [4.78, 5) is 16.9. The van der Waals surface area contributed by atoms with Crippen molar-refractivity contribution in [2.45, 2.75) is 19.5 Å². The van der Waals surface area contributed by atoms with Crippen LogP contribution in [0, 0.1) is 6.92 Å². The molecule has 1 aliphatic heterocycles. The first-order valence-electron chi connectivity index (χ1n) is 7.75. The minimum atomic E-state index is -4.87. The van der Waals surface area contributed by atoms with Crippen LogP contribution in [0.25, 0.3) is 22.2 Å². The topological polar surface area (TPSA) is 61.6 Å². The molecule has 4 rings (SSSR count). The summed E-state index contributed by atoms with van der Waals surface area (Å²) in [6.07, 6.45) is -4.29. The highest BCUT2D eigenvalue weighted by molar-refractivity contribution is 7.09. The maximum atomic E-state index is 13.6. The van der Waals surface area contributed by atoms with Crippen molar-refractivity contribution in [3.63, 3.8) is 0 Å². The molecule has 0 spiro atoms. The highest BCUT2D eigenvalue weighted by Gasteiger charge is 2.40. The molecule has 0 unspecified atom stereocenters. The number of aryl methyl sites for hydroxylation is 1. The molecule has 2 aromatic heterocycles. The number of alkyl halides is 3. The third kappa shape index (κ3) is 2.72. The van der Waals surface area contributed by atoms with E-state index in [0.29, 0.717) is 18.0 Å². The maximum Gasteiger partial charge on any atom is 0.450 e. The van der Waals surface area contributed by atoms with E-state index >= 15 is 0 Å². The number of hydrogen-bond acceptors (Lipinski definition) is 6. The first kappa shape index (κ1) is 16.9. The van der Waals surface area contributed by atoms with Gasteiger partial charge in [0.1, 0.15) is 0 Å². The zero-order valence-corrected chi connectivity index (χ0v) is 14.3. The Balaban J connectivity index is 2.09. The second-order valence-electron chi connectivity index (χ2n) is 5.70. The number of halogens is 3. The van der Waals surface area contributed by atoms with Gasteiger partial charge in [-0.2, -0.15) is 13.2 Å². The largest absolute Gasteiger partial charge is 0.489 e. The summed E-state index contributed by atoms with van der Waals surface area (Å²) >= 11 is 1.15. The van der Waals surface area contributed by atoms with E-state index < -0.39 is 22.9 Å². The second kappa shape index (κ2) is 6.01. The third-order valence-corrected chi connectivity index (χ3v) is 4.68. The van der Waals surface area contributed by atoms with Gasteiger partial charge in [0.05, 0.1) is 34.9 Å². The molecule has 0 atom stereocenters. The molecule has 0 aliphatic carbocycles. The van der Waals surface area contributed by atoms with E-state index in [1.807, 2.05) is 0 Å². The Morgan fingerprint density at radius 1 is 1.19 bits per heavy atom. The number of aromatic nitrogens is 1. The fourth-order valence-corrected chi connectivity index (χ4v) is 3.40. The molecule has 0 radical (unpaired) electrons. The molecule has 0 N–H and O–H groups in total. The SMILES string of the molecule is Cc1nc(-c2c(C(F)(F)F)oc3c4c(ccc3c2=O)OCCCO4)cs1. The molecule has 1 aromatic carbocycles. The normalized spacial score (nSPS) is 14.5. The van der Waals surface area contributed by atoms with Crippen molar-refractivity contribution in [3.05, 3.63) is 38.5 Å². The predicted molar refractivity (Wildman–Crippen MR) is 88.9 cm³/mol. The van der Waals surface area contributed by atoms with Crippen LogP contribution in [0.1, 0.15) is 17.2 Å². The monoisotopic (exact) mass is 383 g/mol. The minimum absolute atomic E-state index is 0.0112. The maximum absolute atomic E-state index is 13.6. The van der Waals surface area contributed by atoms with Crippen LogP contribution < -0.4 is 14.9 Å². The first-order chi connectivity index (χ1) is 12.4. The predicted octanol–water partition coefficient (Wildman–Crippen LogP) is 4.41. The first-order valence-corrected chi connectivity index (χ1v) is 8.63. The second-order valence-corrected chi connectivity index (χ2v) is 6.77. The van der Waals surface area contributed by atoms with Gasteiger partial charge >= 0.3 is 6.18 Å². The van der Waals surface area contributed by atoms with E-state index in [1.54, 1.807) is 6.92 Å². The molecule has 0 saturated heterocycles. The third-order valence-electron chi connectivity index (χ3n) is 3.90. The van der Waals surface area contributed by atoms with E-state index in [-0.39, 0.29) is 34.8 Å². The van der Waals surface area contributed by atoms with Crippen LogP contribution in [0.4, 0.5) is 13.2 Å². The van der Waals surface area contributed by atoms with Gasteiger partial charge < -0.3 is 13.9 Å². The van der Waals surface area contributed by atoms with Crippen molar-refractivity contribution in [2.24, 2.45) is 0 Å². The Hall–Kier alpha value is -2.55. The number of benzene rings is 1. The van der Waals surface area contributed by atoms with E-state index in [4.69, 9.17) is 13.9 Å². The molecule has 0 bridgehead atoms. The van der Waals surface area contributed by atoms with Crippen molar-refractivity contribution in [2.75, 3.05) is 13.2 Å². The average molecular weight is 383 g/mol. The van der Waals surface area contributed by atoms with E-state index in [0.717, 1.165) is 11.3 Å². The van der Waals surface area contributed by atoms with Crippen molar-refractivity contribution in [1.82, 2.24) is 4.98 Å². The fraction of sp³-hybridized carbons (Fsp3) is 0.294. The van der Waals surface area contributed by atoms with E-state index in [9.17, 15) is 18.0 Å². The summed E-state index contributed by atoms with van der Waals surface area (Å²) in [5.74, 6) is -1.12. The van der Waals surface area contributed by atoms with Crippen LogP contribution in [-0.4, -0.2) is 18.2 Å². The van der Waals surface area contributed by atoms with Crippen LogP contribution in [-0.2, 0) is 6.18 Å². The Morgan fingerprint density at radius 2 is 1.96 bits per heavy atom. The lowest BCUT2D eigenvalue weighted by atomic mass is 10.1. The molecule has 0 saturated carbocycles. The molecule has 3 aromatic rings. The Morgan fingerprint density at radius 3 is 2.65 bits per heavy atom. The van der Waals surface area contributed by atoms with Gasteiger partial charge in [0.25, 0.3) is 0 Å². The van der Waals surface area contributed by atoms with E-state index in [1.165, 1.54) is 17.5 Å². The number of fused-ring (bicyclic) bond motifs is 3. The summed E-state index contributed by atoms with van der Waals surface area (Å²) in [6, 6.07) is 2.89. The van der Waals surface area contributed by atoms with Crippen LogP contribution >= 0.6 is 11.3 Å². The Kier molecular flexibility index (Phi) is 3.91. The Bertz CT molecular complexity index is 1050. The van der Waals surface area contributed by atoms with Gasteiger partial charge in [-0.3, -0.25) is 4.79 Å². The van der Waals surface area contributed by atoms with Gasteiger partial charge in [0.2, 0.25) is 16.9 Å². The zero-order valence-electron chi connectivity index (χ0n) is 13.5. The molecule has 3 heterocycles. The molecule has 136 valence electrons. The number of rotatable bonds is 1. The van der Waals surface area contributed by atoms with Gasteiger partial charge in [-0.25, -0.2) is 4.98 Å². The van der Waals surface area contributed by atoms with Gasteiger partial charge in [0.15, 0.2) is 11.3 Å². The standard InChI is InChI=1S/C17H12F3NO4S/c1-8-21-10(7-26-8)12-13(22)9-3-4-11-15(24-6-2-5-23-11)14(9)25-16(12)17(18,19)20/h3-4,7H,2,5-6H2,1H3. The zero-order chi connectivity index (χ0) is 18.5. The summed E-state index contributed by atoms with van der Waals surface area (Å²) in [6.45, 7) is 2.27. The molecule has 1 aliphatic rings. The molecular weight excluding hydrogens is 371 g/mol. The lowest BCUT2D eigenvalue weighted by molar-refractivity contribution is -0.152. The lowest BCUT2D eigenvalue weighted by Gasteiger charge is -2.14. The molecule has 0 fully saturated rings. The van der Waals surface area contributed by atoms with Crippen molar-refractivity contribution in [1.29, 1.82) is 0 Å². The molecule has 9 heteroatoms. The van der Waals surface area contributed by atoms with Crippen molar-refractivity contribution in [3.8, 4) is 22.8 Å². The van der Waals surface area contributed by atoms with Crippen LogP contribution in [0.2, 0.25) is 0 Å². The Labute approximate surface area is 149 Å². The summed E-state index contributed by atoms with van der Waals surface area (Å²) in [7, 11) is 0. The number of ether oxygens (including phenoxy) is 2. The smallest absolute Gasteiger partial charge is 0.450 e. The van der Waals surface area contributed by atoms with Gasteiger partial charge in [-0.15, -0.1) is 11.3 Å². The highest BCUT2D eigenvalue weighted by atomic mass is 32.1. The average Bonchev–Trinajstić information content (AvgIpc) is 2.86. The number of thiazole rings is 1. The van der Waals surface area contributed by atoms with Gasteiger partial charge in [-0.1, -0.05) is 0 Å². The van der Waals surface area contributed by atoms with Crippen LogP contribution in [0.5, 0.6) is 11.5 Å². The highest BCUT2D eigenvalue weighted by Crippen LogP contribution is 2.42. The minimum Gasteiger partial charge on any atom is -0.489 e. The molecule has 26 heavy (non-hydrogen) atoms. The summed E-state index contributed by atoms with van der Waals surface area (Å²) in [5.41, 5.74) is -1.72. The summed E-state index contributed by atoms with van der Waals surface area (Å²) in [5, 5.41) is 1.94. The quantitative estimate of drug-likeness (QED) is 0.623. The summed E-state index contributed by atoms with van der Waals surface area (Å²) < 4.78 is 57.0. The van der Waals surface area contributed by atoms with Gasteiger partial charge in [0, 0.05) is 11.8 Å². The lowest BCUT2D eigenvalue weighted by Crippen LogP contribution is -2.16. The van der Waals surface area contributed by atoms with Crippen LogP contribution in [0.3, 0.4) is 0 Å². The molecule has 0 amide bonds. The van der Waals surface area contributed by atoms with Gasteiger partial charge in [-0.05, 0) is 19.1 Å².